The number of ether oxygens (including phenoxy) is 1. The number of rotatable bonds is 7. The first kappa shape index (κ1) is 24.4. The molecule has 184 valence electrons. The third kappa shape index (κ3) is 5.70. The van der Waals surface area contributed by atoms with Gasteiger partial charge >= 0.3 is 0 Å². The SMILES string of the molecule is COc1cccc(C[C@H](C2CCN(C(=O)c3cccc(C)n3)CC2)N(C)C(=O)c2ccn(C)n2)c1. The van der Waals surface area contributed by atoms with Crippen LogP contribution < -0.4 is 4.74 Å². The number of aromatic nitrogens is 3. The summed E-state index contributed by atoms with van der Waals surface area (Å²) in [5, 5.41) is 4.32. The van der Waals surface area contributed by atoms with Crippen molar-refractivity contribution >= 4 is 11.8 Å². The van der Waals surface area contributed by atoms with Gasteiger partial charge in [0.2, 0.25) is 0 Å². The Morgan fingerprint density at radius 3 is 2.51 bits per heavy atom. The summed E-state index contributed by atoms with van der Waals surface area (Å²) in [6, 6.07) is 15.2. The van der Waals surface area contributed by atoms with E-state index in [-0.39, 0.29) is 23.8 Å². The van der Waals surface area contributed by atoms with Gasteiger partial charge in [-0.25, -0.2) is 4.98 Å². The fourth-order valence-electron chi connectivity index (χ4n) is 4.83. The zero-order valence-corrected chi connectivity index (χ0v) is 20.8. The van der Waals surface area contributed by atoms with E-state index in [1.54, 1.807) is 37.2 Å². The molecule has 3 heterocycles. The van der Waals surface area contributed by atoms with E-state index < -0.39 is 0 Å². The summed E-state index contributed by atoms with van der Waals surface area (Å²) in [7, 11) is 5.32. The number of likely N-dealkylation sites (tertiary alicyclic amines) is 1. The summed E-state index contributed by atoms with van der Waals surface area (Å²) in [5.74, 6) is 0.912. The molecule has 0 radical (unpaired) electrons. The third-order valence-corrected chi connectivity index (χ3v) is 6.81. The van der Waals surface area contributed by atoms with Crippen molar-refractivity contribution in [3.8, 4) is 5.75 Å². The summed E-state index contributed by atoms with van der Waals surface area (Å²) in [4.78, 5) is 34.4. The van der Waals surface area contributed by atoms with Gasteiger partial charge in [0.1, 0.15) is 17.1 Å². The molecule has 1 atom stereocenters. The molecule has 1 saturated heterocycles. The number of hydrogen-bond acceptors (Lipinski definition) is 5. The monoisotopic (exact) mass is 475 g/mol. The molecule has 0 aliphatic carbocycles. The van der Waals surface area contributed by atoms with E-state index in [0.29, 0.717) is 30.9 Å². The van der Waals surface area contributed by atoms with E-state index in [1.165, 1.54) is 0 Å². The van der Waals surface area contributed by atoms with Crippen molar-refractivity contribution in [2.75, 3.05) is 27.2 Å². The highest BCUT2D eigenvalue weighted by atomic mass is 16.5. The molecule has 8 nitrogen and oxygen atoms in total. The van der Waals surface area contributed by atoms with Crippen LogP contribution in [0.2, 0.25) is 0 Å². The fraction of sp³-hybridized carbons (Fsp3) is 0.407. The Morgan fingerprint density at radius 1 is 1.11 bits per heavy atom. The minimum Gasteiger partial charge on any atom is -0.497 e. The third-order valence-electron chi connectivity index (χ3n) is 6.81. The predicted molar refractivity (Wildman–Crippen MR) is 133 cm³/mol. The van der Waals surface area contributed by atoms with Crippen LogP contribution in [0.5, 0.6) is 5.75 Å². The van der Waals surface area contributed by atoms with Crippen LogP contribution in [0.25, 0.3) is 0 Å². The Hall–Kier alpha value is -3.68. The van der Waals surface area contributed by atoms with Crippen LogP contribution in [-0.4, -0.2) is 69.7 Å². The molecule has 1 aliphatic heterocycles. The van der Waals surface area contributed by atoms with Gasteiger partial charge in [-0.15, -0.1) is 0 Å². The standard InChI is InChI=1S/C27H33N5O3/c1-19-7-5-10-23(28-19)27(34)32-15-11-21(12-16-32)25(18-20-8-6-9-22(17-20)35-4)31(3)26(33)24-13-14-30(2)29-24/h5-10,13-14,17,21,25H,11-12,15-16,18H2,1-4H3/t25-/m1/s1. The molecular weight excluding hydrogens is 442 g/mol. The Bertz CT molecular complexity index is 1180. The van der Waals surface area contributed by atoms with Crippen molar-refractivity contribution in [1.82, 2.24) is 24.6 Å². The van der Waals surface area contributed by atoms with Gasteiger partial charge in [0.25, 0.3) is 11.8 Å². The molecule has 0 unspecified atom stereocenters. The van der Waals surface area contributed by atoms with Gasteiger partial charge in [0.15, 0.2) is 0 Å². The van der Waals surface area contributed by atoms with Crippen molar-refractivity contribution in [2.45, 2.75) is 32.2 Å². The molecule has 2 aromatic heterocycles. The first-order valence-corrected chi connectivity index (χ1v) is 12.0. The maximum Gasteiger partial charge on any atom is 0.274 e. The van der Waals surface area contributed by atoms with Gasteiger partial charge < -0.3 is 14.5 Å². The fourth-order valence-corrected chi connectivity index (χ4v) is 4.83. The van der Waals surface area contributed by atoms with Crippen molar-refractivity contribution < 1.29 is 14.3 Å². The highest BCUT2D eigenvalue weighted by Gasteiger charge is 2.34. The molecule has 1 aliphatic rings. The van der Waals surface area contributed by atoms with Crippen molar-refractivity contribution in [1.29, 1.82) is 0 Å². The molecule has 0 bridgehead atoms. The van der Waals surface area contributed by atoms with E-state index in [0.717, 1.165) is 29.8 Å². The van der Waals surface area contributed by atoms with E-state index in [4.69, 9.17) is 4.74 Å². The lowest BCUT2D eigenvalue weighted by Crippen LogP contribution is -2.48. The Morgan fingerprint density at radius 2 is 1.86 bits per heavy atom. The number of pyridine rings is 1. The number of benzene rings is 1. The lowest BCUT2D eigenvalue weighted by molar-refractivity contribution is 0.0516. The molecule has 35 heavy (non-hydrogen) atoms. The normalized spacial score (nSPS) is 15.0. The second-order valence-corrected chi connectivity index (χ2v) is 9.21. The average molecular weight is 476 g/mol. The summed E-state index contributed by atoms with van der Waals surface area (Å²) < 4.78 is 7.05. The Balaban J connectivity index is 1.51. The summed E-state index contributed by atoms with van der Waals surface area (Å²) in [5.41, 5.74) is 2.86. The molecule has 0 spiro atoms. The lowest BCUT2D eigenvalue weighted by atomic mass is 9.84. The van der Waals surface area contributed by atoms with Crippen molar-refractivity contribution in [2.24, 2.45) is 13.0 Å². The van der Waals surface area contributed by atoms with E-state index in [1.807, 2.05) is 54.1 Å². The van der Waals surface area contributed by atoms with Crippen LogP contribution in [0.1, 0.15) is 45.1 Å². The number of hydrogen-bond donors (Lipinski definition) is 0. The molecule has 0 N–H and O–H groups in total. The van der Waals surface area contributed by atoms with Gasteiger partial charge in [-0.2, -0.15) is 5.10 Å². The molecule has 4 rings (SSSR count). The molecular formula is C27H33N5O3. The van der Waals surface area contributed by atoms with Crippen LogP contribution in [0, 0.1) is 12.8 Å². The van der Waals surface area contributed by atoms with Crippen LogP contribution in [0.4, 0.5) is 0 Å². The second-order valence-electron chi connectivity index (χ2n) is 9.21. The number of nitrogens with zero attached hydrogens (tertiary/aromatic N) is 5. The summed E-state index contributed by atoms with van der Waals surface area (Å²) >= 11 is 0. The van der Waals surface area contributed by atoms with E-state index >= 15 is 0 Å². The van der Waals surface area contributed by atoms with Gasteiger partial charge in [-0.3, -0.25) is 14.3 Å². The van der Waals surface area contributed by atoms with Crippen LogP contribution in [0.15, 0.2) is 54.7 Å². The topological polar surface area (TPSA) is 80.6 Å². The Kier molecular flexibility index (Phi) is 7.48. The highest BCUT2D eigenvalue weighted by molar-refractivity contribution is 5.93. The summed E-state index contributed by atoms with van der Waals surface area (Å²) in [6.07, 6.45) is 4.10. The summed E-state index contributed by atoms with van der Waals surface area (Å²) in [6.45, 7) is 3.17. The quantitative estimate of drug-likeness (QED) is 0.523. The first-order valence-electron chi connectivity index (χ1n) is 12.0. The smallest absolute Gasteiger partial charge is 0.274 e. The zero-order valence-electron chi connectivity index (χ0n) is 20.8. The number of piperidine rings is 1. The number of methoxy groups -OCH3 is 1. The molecule has 2 amide bonds. The van der Waals surface area contributed by atoms with Crippen molar-refractivity contribution in [3.05, 3.63) is 77.4 Å². The molecule has 1 fully saturated rings. The maximum atomic E-state index is 13.3. The van der Waals surface area contributed by atoms with Crippen LogP contribution in [-0.2, 0) is 13.5 Å². The molecule has 1 aromatic carbocycles. The number of aryl methyl sites for hydroxylation is 2. The first-order chi connectivity index (χ1) is 16.9. The maximum absolute atomic E-state index is 13.3. The Labute approximate surface area is 206 Å². The highest BCUT2D eigenvalue weighted by Crippen LogP contribution is 2.28. The van der Waals surface area contributed by atoms with Gasteiger partial charge in [-0.1, -0.05) is 18.2 Å². The molecule has 3 aromatic rings. The lowest BCUT2D eigenvalue weighted by Gasteiger charge is -2.40. The predicted octanol–water partition coefficient (Wildman–Crippen LogP) is 3.37. The zero-order chi connectivity index (χ0) is 24.9. The van der Waals surface area contributed by atoms with E-state index in [9.17, 15) is 9.59 Å². The van der Waals surface area contributed by atoms with Gasteiger partial charge in [0, 0.05) is 45.1 Å². The molecule has 8 heteroatoms. The van der Waals surface area contributed by atoms with Crippen molar-refractivity contribution in [3.63, 3.8) is 0 Å². The minimum atomic E-state index is -0.0963. The number of likely N-dealkylation sites (N-methyl/N-ethyl adjacent to an activating group) is 1. The largest absolute Gasteiger partial charge is 0.497 e. The molecule has 0 saturated carbocycles. The van der Waals surface area contributed by atoms with Crippen LogP contribution in [0.3, 0.4) is 0 Å². The van der Waals surface area contributed by atoms with Gasteiger partial charge in [0.05, 0.1) is 7.11 Å². The number of carbonyl (C=O) groups excluding carboxylic acids is 2. The average Bonchev–Trinajstić information content (AvgIpc) is 3.32. The van der Waals surface area contributed by atoms with E-state index in [2.05, 4.69) is 16.1 Å². The number of amides is 2. The number of carbonyl (C=O) groups is 2. The minimum absolute atomic E-state index is 0.0330. The second kappa shape index (κ2) is 10.7. The van der Waals surface area contributed by atoms with Gasteiger partial charge in [-0.05, 0) is 68.0 Å². The van der Waals surface area contributed by atoms with Crippen LogP contribution >= 0.6 is 0 Å².